The first kappa shape index (κ1) is 45.6. The Kier molecular flexibility index (Phi) is 9.79. The van der Waals surface area contributed by atoms with E-state index in [1.807, 2.05) is 0 Å². The summed E-state index contributed by atoms with van der Waals surface area (Å²) >= 11 is 0. The van der Waals surface area contributed by atoms with Gasteiger partial charge in [-0.1, -0.05) is 324 Å². The molecule has 82 heavy (non-hydrogen) atoms. The smallest absolute Gasteiger partial charge is 0.0622 e. The Morgan fingerprint density at radius 3 is 0.793 bits per heavy atom. The summed E-state index contributed by atoms with van der Waals surface area (Å²) in [5, 5.41) is 18.0. The summed E-state index contributed by atoms with van der Waals surface area (Å²) in [7, 11) is 0. The number of hydrogen-bond donors (Lipinski definition) is 0. The molecule has 0 fully saturated rings. The van der Waals surface area contributed by atoms with Gasteiger partial charge in [-0.25, -0.2) is 0 Å². The van der Waals surface area contributed by atoms with E-state index >= 15 is 0 Å². The van der Waals surface area contributed by atoms with Gasteiger partial charge >= 0.3 is 0 Å². The van der Waals surface area contributed by atoms with Crippen molar-refractivity contribution in [3.63, 3.8) is 0 Å². The molecule has 0 aliphatic carbocycles. The van der Waals surface area contributed by atoms with Gasteiger partial charge in [0, 0.05) is 0 Å². The second-order valence-electron chi connectivity index (χ2n) is 22.8. The van der Waals surface area contributed by atoms with Crippen LogP contribution in [0.2, 0.25) is 0 Å². The van der Waals surface area contributed by atoms with Crippen molar-refractivity contribution in [1.29, 1.82) is 0 Å². The van der Waals surface area contributed by atoms with Crippen LogP contribution < -0.4 is 32.8 Å². The van der Waals surface area contributed by atoms with Crippen molar-refractivity contribution >= 4 is 122 Å². The lowest BCUT2D eigenvalue weighted by Crippen LogP contribution is -2.50. The highest BCUT2D eigenvalue weighted by Gasteiger charge is 2.41. The normalized spacial score (nSPS) is 12.6. The van der Waals surface area contributed by atoms with E-state index in [4.69, 9.17) is 0 Å². The van der Waals surface area contributed by atoms with E-state index in [1.54, 1.807) is 0 Å². The van der Waals surface area contributed by atoms with Gasteiger partial charge < -0.3 is 0 Å². The molecule has 18 rings (SSSR count). The van der Waals surface area contributed by atoms with Crippen LogP contribution in [-0.4, -0.2) is 13.4 Å². The molecule has 2 heteroatoms. The molecule has 0 atom stereocenters. The Labute approximate surface area is 476 Å². The molecule has 0 N–H and O–H groups in total. The minimum Gasteiger partial charge on any atom is -0.0622 e. The average molecular weight is 1030 g/mol. The van der Waals surface area contributed by atoms with Crippen molar-refractivity contribution in [3.05, 3.63) is 291 Å². The third-order valence-corrected chi connectivity index (χ3v) is 18.8. The van der Waals surface area contributed by atoms with Gasteiger partial charge in [-0.3, -0.25) is 0 Å². The standard InChI is InChI=1S/C80H48B2/c1-3-19-49(20-4-1)55-27-15-17-33-61(55)71-47-73(81-77-57-29-11-7-23-51(57)35-39-65(77)66-40-36-52-24-8-12-30-58(52)78(66)81)69-46-44-64-72(62-34-18-16-28-56(62)50-21-5-2-6-22-50)48-74(70-45-43-63(71)75(69)76(64)70)82-79-59-31-13-9-25-53(59)37-41-67(79)68-42-38-54-26-10-14-32-60(54)80(68)82/h1-48H. The second kappa shape index (κ2) is 17.6. The van der Waals surface area contributed by atoms with Crippen LogP contribution in [0.3, 0.4) is 0 Å². The van der Waals surface area contributed by atoms with Crippen LogP contribution in [0.25, 0.3) is 142 Å². The third kappa shape index (κ3) is 6.46. The van der Waals surface area contributed by atoms with Crippen molar-refractivity contribution < 1.29 is 0 Å². The predicted molar refractivity (Wildman–Crippen MR) is 355 cm³/mol. The summed E-state index contributed by atoms with van der Waals surface area (Å²) in [5.41, 5.74) is 23.3. The van der Waals surface area contributed by atoms with Gasteiger partial charge in [0.25, 0.3) is 0 Å². The van der Waals surface area contributed by atoms with E-state index in [0.717, 1.165) is 0 Å². The molecule has 16 aromatic carbocycles. The first-order valence-corrected chi connectivity index (χ1v) is 28.9. The maximum atomic E-state index is 2.62. The molecule has 0 nitrogen and oxygen atoms in total. The quantitative estimate of drug-likeness (QED) is 0.115. The van der Waals surface area contributed by atoms with Crippen LogP contribution in [0.15, 0.2) is 291 Å². The van der Waals surface area contributed by atoms with Crippen molar-refractivity contribution in [2.75, 3.05) is 0 Å². The van der Waals surface area contributed by atoms with E-state index in [2.05, 4.69) is 291 Å². The van der Waals surface area contributed by atoms with Crippen LogP contribution >= 0.6 is 0 Å². The van der Waals surface area contributed by atoms with Gasteiger partial charge in [-0.15, -0.1) is 0 Å². The van der Waals surface area contributed by atoms with Crippen LogP contribution in [0, 0.1) is 0 Å². The van der Waals surface area contributed by atoms with Gasteiger partial charge in [0.05, 0.1) is 0 Å². The van der Waals surface area contributed by atoms with E-state index in [9.17, 15) is 0 Å². The SMILES string of the molecule is c1ccc(-c2ccccc2-c2cc(B3c4c(ccc5ccccc45)-c4ccc5ccccc5c43)c3ccc4c(-c5ccccc5-c5ccccc5)cc(B5c6c(ccc7ccccc67)-c6ccc7ccccc7c65)c5ccc2c3c54)cc1. The number of rotatable bonds is 6. The fourth-order valence-electron chi connectivity index (χ4n) is 15.4. The van der Waals surface area contributed by atoms with Crippen molar-refractivity contribution in [1.82, 2.24) is 0 Å². The molecular weight excluding hydrogens is 983 g/mol. The van der Waals surface area contributed by atoms with Gasteiger partial charge in [-0.05, 0) is 142 Å². The maximum Gasteiger partial charge on any atom is 0.245 e. The minimum absolute atomic E-state index is 0.0709. The van der Waals surface area contributed by atoms with Crippen molar-refractivity contribution in [2.45, 2.75) is 0 Å². The lowest BCUT2D eigenvalue weighted by atomic mass is 9.36. The number of fused-ring (bicyclic) bond motifs is 14. The number of benzene rings is 16. The fourth-order valence-corrected chi connectivity index (χ4v) is 15.4. The predicted octanol–water partition coefficient (Wildman–Crippen LogP) is 16.9. The zero-order chi connectivity index (χ0) is 53.6. The Balaban J connectivity index is 1.05. The lowest BCUT2D eigenvalue weighted by molar-refractivity contribution is 1.60. The summed E-state index contributed by atoms with van der Waals surface area (Å²) in [4.78, 5) is 0. The Hall–Kier alpha value is -10.3. The van der Waals surface area contributed by atoms with Crippen molar-refractivity contribution in [3.8, 4) is 66.8 Å². The fraction of sp³-hybridized carbons (Fsp3) is 0. The lowest BCUT2D eigenvalue weighted by Gasteiger charge is -2.26. The molecule has 2 heterocycles. The molecule has 16 aromatic rings. The van der Waals surface area contributed by atoms with Crippen LogP contribution in [0.5, 0.6) is 0 Å². The van der Waals surface area contributed by atoms with Crippen LogP contribution in [0.1, 0.15) is 0 Å². The molecule has 0 saturated carbocycles. The molecule has 0 aromatic heterocycles. The molecule has 0 amide bonds. The topological polar surface area (TPSA) is 0 Å². The Bertz CT molecular complexity index is 4840. The monoisotopic (exact) mass is 1030 g/mol. The highest BCUT2D eigenvalue weighted by atomic mass is 14.3. The molecule has 0 bridgehead atoms. The zero-order valence-electron chi connectivity index (χ0n) is 44.9. The van der Waals surface area contributed by atoms with Crippen LogP contribution in [0.4, 0.5) is 0 Å². The molecule has 0 spiro atoms. The zero-order valence-corrected chi connectivity index (χ0v) is 44.9. The first-order valence-electron chi connectivity index (χ1n) is 28.9. The van der Waals surface area contributed by atoms with Gasteiger partial charge in [-0.2, -0.15) is 0 Å². The molecular formula is C80H48B2. The minimum atomic E-state index is -0.0709. The van der Waals surface area contributed by atoms with Crippen LogP contribution in [-0.2, 0) is 0 Å². The Morgan fingerprint density at radius 1 is 0.171 bits per heavy atom. The molecule has 0 radical (unpaired) electrons. The second-order valence-corrected chi connectivity index (χ2v) is 22.8. The summed E-state index contributed by atoms with van der Waals surface area (Å²) in [6, 6.07) is 111. The average Bonchev–Trinajstić information content (AvgIpc) is 2.58. The molecule has 0 saturated heterocycles. The summed E-state index contributed by atoms with van der Waals surface area (Å²) in [6.45, 7) is -0.142. The highest BCUT2D eigenvalue weighted by Crippen LogP contribution is 2.46. The summed E-state index contributed by atoms with van der Waals surface area (Å²) < 4.78 is 0. The van der Waals surface area contributed by atoms with E-state index in [-0.39, 0.29) is 13.4 Å². The maximum absolute atomic E-state index is 2.62. The summed E-state index contributed by atoms with van der Waals surface area (Å²) in [6.07, 6.45) is 0. The van der Waals surface area contributed by atoms with E-state index < -0.39 is 0 Å². The molecule has 374 valence electrons. The van der Waals surface area contributed by atoms with Gasteiger partial charge in [0.15, 0.2) is 0 Å². The van der Waals surface area contributed by atoms with E-state index in [0.29, 0.717) is 0 Å². The largest absolute Gasteiger partial charge is 0.245 e. The molecule has 0 unspecified atom stereocenters. The van der Waals surface area contributed by atoms with Gasteiger partial charge in [0.2, 0.25) is 13.4 Å². The Morgan fingerprint density at radius 2 is 0.451 bits per heavy atom. The third-order valence-electron chi connectivity index (χ3n) is 18.8. The number of hydrogen-bond acceptors (Lipinski definition) is 0. The molecule has 2 aliphatic rings. The summed E-state index contributed by atoms with van der Waals surface area (Å²) in [5.74, 6) is 0. The van der Waals surface area contributed by atoms with E-state index in [1.165, 1.54) is 175 Å². The molecule has 2 aliphatic heterocycles. The highest BCUT2D eigenvalue weighted by molar-refractivity contribution is 7.04. The first-order chi connectivity index (χ1) is 40.7. The van der Waals surface area contributed by atoms with Crippen molar-refractivity contribution in [2.24, 2.45) is 0 Å². The van der Waals surface area contributed by atoms with Gasteiger partial charge in [0.1, 0.15) is 0 Å².